The maximum absolute atomic E-state index is 11.6. The molecule has 1 atom stereocenters. The van der Waals surface area contributed by atoms with Crippen LogP contribution in [0, 0.1) is 0 Å². The van der Waals surface area contributed by atoms with E-state index in [9.17, 15) is 4.79 Å². The number of aromatic nitrogens is 1. The Kier molecular flexibility index (Phi) is 1.76. The van der Waals surface area contributed by atoms with Gasteiger partial charge in [-0.2, -0.15) is 0 Å². The van der Waals surface area contributed by atoms with Crippen LogP contribution in [0.3, 0.4) is 0 Å². The number of alkyl carbamates (subject to hydrolysis) is 1. The Morgan fingerprint density at radius 3 is 3.19 bits per heavy atom. The lowest BCUT2D eigenvalue weighted by molar-refractivity contribution is 0.177. The van der Waals surface area contributed by atoms with Crippen LogP contribution in [0.15, 0.2) is 24.3 Å². The van der Waals surface area contributed by atoms with E-state index in [4.69, 9.17) is 13.7 Å². The van der Waals surface area contributed by atoms with Gasteiger partial charge in [0.25, 0.3) is 0 Å². The molecule has 0 radical (unpaired) electrons. The molecule has 5 nitrogen and oxygen atoms in total. The summed E-state index contributed by atoms with van der Waals surface area (Å²) >= 11 is 0. The van der Waals surface area contributed by atoms with Crippen LogP contribution in [0.2, 0.25) is 0 Å². The van der Waals surface area contributed by atoms with Crippen LogP contribution in [-0.4, -0.2) is 49.2 Å². The van der Waals surface area contributed by atoms with Gasteiger partial charge in [0.05, 0.1) is 14.2 Å². The summed E-state index contributed by atoms with van der Waals surface area (Å²) in [6.07, 6.45) is -5.34. The normalized spacial score (nSPS) is 32.4. The zero-order valence-electron chi connectivity index (χ0n) is 21.5. The zero-order valence-corrected chi connectivity index (χ0v) is 11.5. The molecular weight excluding hydrogens is 266 g/mol. The molecule has 1 amide bonds. The summed E-state index contributed by atoms with van der Waals surface area (Å²) in [5.74, 6) is 0. The fourth-order valence-electron chi connectivity index (χ4n) is 1.81. The van der Waals surface area contributed by atoms with Gasteiger partial charge in [0, 0.05) is 29.1 Å². The molecule has 0 saturated carbocycles. The van der Waals surface area contributed by atoms with Crippen molar-refractivity contribution in [3.8, 4) is 0 Å². The summed E-state index contributed by atoms with van der Waals surface area (Å²) < 4.78 is 87.1. The summed E-state index contributed by atoms with van der Waals surface area (Å²) in [7, 11) is 3.29. The summed E-state index contributed by atoms with van der Waals surface area (Å²) in [4.78, 5) is 15.8. The van der Waals surface area contributed by atoms with E-state index < -0.39 is 55.1 Å². The molecule has 0 bridgehead atoms. The minimum absolute atomic E-state index is 0.0412. The standard InChI is InChI=1S/C16H21N3O2/c1-19(2)6-5-12-9-17-15-4-3-11(8-14(12)15)7-13-10-21-16(20)18-13/h3-4,8-9,13,17H,5-7,10H2,1-2H3,(H,18,20)/t13-/m0/s1/i3D,4D,5D2,7D2,8D,10D2,13D. The summed E-state index contributed by atoms with van der Waals surface area (Å²) in [6.45, 7) is -3.24. The maximum Gasteiger partial charge on any atom is 0.407 e. The van der Waals surface area contributed by atoms with Gasteiger partial charge in [0.2, 0.25) is 0 Å². The minimum atomic E-state index is -3.19. The van der Waals surface area contributed by atoms with Gasteiger partial charge in [-0.1, -0.05) is 6.04 Å². The van der Waals surface area contributed by atoms with Crippen LogP contribution >= 0.6 is 0 Å². The van der Waals surface area contributed by atoms with Gasteiger partial charge in [-0.05, 0) is 50.1 Å². The second kappa shape index (κ2) is 5.77. The van der Waals surface area contributed by atoms with Gasteiger partial charge >= 0.3 is 6.09 Å². The Labute approximate surface area is 138 Å². The number of benzene rings is 1. The van der Waals surface area contributed by atoms with Crippen molar-refractivity contribution in [1.82, 2.24) is 15.2 Å². The molecule has 2 heterocycles. The fourth-order valence-corrected chi connectivity index (χ4v) is 1.81. The first kappa shape index (κ1) is 6.40. The van der Waals surface area contributed by atoms with Crippen LogP contribution in [-0.2, 0) is 17.5 Å². The van der Waals surface area contributed by atoms with E-state index in [1.807, 2.05) is 0 Å². The van der Waals surface area contributed by atoms with Crippen molar-refractivity contribution in [2.45, 2.75) is 18.8 Å². The third-order valence-corrected chi connectivity index (χ3v) is 2.75. The highest BCUT2D eigenvalue weighted by molar-refractivity contribution is 5.84. The second-order valence-corrected chi connectivity index (χ2v) is 4.73. The molecule has 1 aromatic heterocycles. The smallest absolute Gasteiger partial charge is 0.407 e. The van der Waals surface area contributed by atoms with Crippen molar-refractivity contribution < 1.29 is 23.2 Å². The second-order valence-electron chi connectivity index (χ2n) is 4.73. The molecule has 0 spiro atoms. The van der Waals surface area contributed by atoms with Crippen LogP contribution in [0.4, 0.5) is 4.79 Å². The Morgan fingerprint density at radius 2 is 2.48 bits per heavy atom. The number of H-pyrrole nitrogens is 1. The SMILES string of the molecule is [2H]c1c(C([2H])([2H])[C@]2([2H])NC(=O)OC2([2H])[2H])c([2H])c2c(C([2H])([2H])CN(C)C)c[nH]c2c1[2H]. The number of amides is 1. The number of fused-ring (bicyclic) bond motifs is 1. The molecule has 1 aromatic carbocycles. The average Bonchev–Trinajstić information content (AvgIpc) is 3.12. The molecular formula is C16H21N3O2. The zero-order chi connectivity index (χ0) is 23.7. The quantitative estimate of drug-likeness (QED) is 0.886. The van der Waals surface area contributed by atoms with Crippen molar-refractivity contribution >= 4 is 17.0 Å². The number of nitrogens with zero attached hydrogens (tertiary/aromatic N) is 1. The predicted octanol–water partition coefficient (Wildman–Crippen LogP) is 1.92. The molecule has 2 aromatic rings. The Balaban J connectivity index is 2.34. The first-order valence-electron chi connectivity index (χ1n) is 11.3. The van der Waals surface area contributed by atoms with Crippen molar-refractivity contribution in [2.75, 3.05) is 27.2 Å². The molecule has 21 heavy (non-hydrogen) atoms. The van der Waals surface area contributed by atoms with Crippen LogP contribution in [0.25, 0.3) is 10.9 Å². The number of ether oxygens (including phenoxy) is 1. The molecule has 1 fully saturated rings. The number of rotatable bonds is 5. The van der Waals surface area contributed by atoms with E-state index in [1.165, 1.54) is 6.20 Å². The van der Waals surface area contributed by atoms with Gasteiger partial charge in [-0.3, -0.25) is 0 Å². The fraction of sp³-hybridized carbons (Fsp3) is 0.438. The number of hydrogen-bond donors (Lipinski definition) is 2. The van der Waals surface area contributed by atoms with E-state index in [0.717, 1.165) is 0 Å². The van der Waals surface area contributed by atoms with Crippen LogP contribution in [0.1, 0.15) is 24.8 Å². The number of hydrogen-bond acceptors (Lipinski definition) is 3. The summed E-state index contributed by atoms with van der Waals surface area (Å²) in [5.41, 5.74) is -0.919. The van der Waals surface area contributed by atoms with E-state index >= 15 is 0 Å². The highest BCUT2D eigenvalue weighted by atomic mass is 16.6. The number of cyclic esters (lactones) is 1. The van der Waals surface area contributed by atoms with Crippen molar-refractivity contribution in [1.29, 1.82) is 0 Å². The van der Waals surface area contributed by atoms with Crippen LogP contribution < -0.4 is 5.32 Å². The lowest BCUT2D eigenvalue weighted by Gasteiger charge is -2.09. The molecule has 1 aliphatic rings. The van der Waals surface area contributed by atoms with Gasteiger partial charge in [0.1, 0.15) is 6.56 Å². The molecule has 0 unspecified atom stereocenters. The molecule has 3 rings (SSSR count). The van der Waals surface area contributed by atoms with E-state index in [0.29, 0.717) is 0 Å². The van der Waals surface area contributed by atoms with Gasteiger partial charge in [-0.15, -0.1) is 0 Å². The Bertz CT molecular complexity index is 1070. The topological polar surface area (TPSA) is 57.4 Å². The highest BCUT2D eigenvalue weighted by Gasteiger charge is 2.22. The van der Waals surface area contributed by atoms with E-state index in [1.54, 1.807) is 24.3 Å². The third-order valence-electron chi connectivity index (χ3n) is 2.75. The van der Waals surface area contributed by atoms with Crippen molar-refractivity contribution in [3.63, 3.8) is 0 Å². The molecule has 2 N–H and O–H groups in total. The average molecular weight is 297 g/mol. The van der Waals surface area contributed by atoms with Gasteiger partial charge < -0.3 is 19.9 Å². The Morgan fingerprint density at radius 1 is 1.62 bits per heavy atom. The number of likely N-dealkylation sites (N-methyl/N-ethyl adjacent to an activating group) is 1. The van der Waals surface area contributed by atoms with E-state index in [2.05, 4.69) is 9.72 Å². The monoisotopic (exact) mass is 297 g/mol. The number of carbonyl (C=O) groups is 1. The highest BCUT2D eigenvalue weighted by Crippen LogP contribution is 2.21. The lowest BCUT2D eigenvalue weighted by Crippen LogP contribution is -2.28. The summed E-state index contributed by atoms with van der Waals surface area (Å²) in [6, 6.07) is -5.08. The van der Waals surface area contributed by atoms with Gasteiger partial charge in [0.15, 0.2) is 0 Å². The first-order valence-corrected chi connectivity index (χ1v) is 6.25. The lowest BCUT2D eigenvalue weighted by atomic mass is 10.0. The molecule has 1 aliphatic heterocycles. The predicted molar refractivity (Wildman–Crippen MR) is 82.5 cm³/mol. The van der Waals surface area contributed by atoms with Crippen LogP contribution in [0.5, 0.6) is 0 Å². The summed E-state index contributed by atoms with van der Waals surface area (Å²) in [5, 5.41) is 1.63. The third kappa shape index (κ3) is 3.19. The number of carbonyl (C=O) groups excluding carboxylic acids is 1. The van der Waals surface area contributed by atoms with Gasteiger partial charge in [-0.25, -0.2) is 4.79 Å². The van der Waals surface area contributed by atoms with Crippen molar-refractivity contribution in [2.24, 2.45) is 0 Å². The molecule has 112 valence electrons. The molecule has 0 aliphatic carbocycles. The first-order chi connectivity index (χ1) is 14.0. The van der Waals surface area contributed by atoms with E-state index in [-0.39, 0.29) is 23.0 Å². The maximum atomic E-state index is 11.6. The number of aromatic amines is 1. The minimum Gasteiger partial charge on any atom is -0.447 e. The number of nitrogens with one attached hydrogen (secondary N) is 2. The molecule has 1 saturated heterocycles. The molecule has 5 heteroatoms. The Hall–Kier alpha value is -2.01. The van der Waals surface area contributed by atoms with Crippen molar-refractivity contribution in [3.05, 3.63) is 35.5 Å². The largest absolute Gasteiger partial charge is 0.447 e.